The van der Waals surface area contributed by atoms with Crippen molar-refractivity contribution in [2.24, 2.45) is 15.3 Å². The molecule has 5 aliphatic rings. The van der Waals surface area contributed by atoms with Gasteiger partial charge in [-0.25, -0.2) is 14.4 Å². The van der Waals surface area contributed by atoms with Crippen LogP contribution >= 0.6 is 13.4 Å². The standard InChI is InChI=1S/C20H21F3N10O9P2S2/c21-9-7-3-37-44(36,46)42-12-8(40-18(20(12,22)23)32-2-1-6-13(24)26-5-27-14(6)32)4-38-43(35,45)41-11(9)17(39-7)33-15-10(30-31-33)16(34)29-19(25)28-15/h1-2,5,7-12,17-18H,3-4H2,(H,35,45)(H,36,46)(H2,24,26,27)(H2,25,29,34)/t7-,8-,9+,10?,11-,12-,17-,18-,43?,44?/m1/s1. The molecule has 248 valence electrons. The normalized spacial score (nSPS) is 40.9. The van der Waals surface area contributed by atoms with E-state index in [1.165, 1.54) is 12.3 Å². The van der Waals surface area contributed by atoms with Crippen molar-refractivity contribution in [2.45, 2.75) is 55.0 Å². The lowest BCUT2D eigenvalue weighted by Gasteiger charge is -2.30. The van der Waals surface area contributed by atoms with E-state index in [0.29, 0.717) is 0 Å². The Balaban J connectivity index is 1.19. The van der Waals surface area contributed by atoms with Crippen LogP contribution in [0.4, 0.5) is 19.0 Å². The topological polar surface area (TPSA) is 246 Å². The van der Waals surface area contributed by atoms with Gasteiger partial charge in [-0.2, -0.15) is 18.8 Å². The highest BCUT2D eigenvalue weighted by Crippen LogP contribution is 2.56. The van der Waals surface area contributed by atoms with E-state index in [0.717, 1.165) is 15.9 Å². The van der Waals surface area contributed by atoms with Crippen LogP contribution in [0.2, 0.25) is 0 Å². The minimum atomic E-state index is -4.60. The SMILES string of the molecule is N=C1N=C2C(N=NN2[C@@H]2O[C@@H]3COP(O)(=S)O[C@@H]4[C@@H](COP(O)(=S)O[C@@H]2[C@H]3F)O[C@@H](n2ccc3c(N)ncnc32)C4(F)F)C(=O)N1. The third-order valence-electron chi connectivity index (χ3n) is 7.41. The molecule has 1 amide bonds. The molecule has 3 saturated heterocycles. The third kappa shape index (κ3) is 5.44. The van der Waals surface area contributed by atoms with Crippen LogP contribution in [0.25, 0.3) is 11.0 Å². The number of nitrogens with two attached hydrogens (primary N) is 1. The van der Waals surface area contributed by atoms with Gasteiger partial charge in [0.25, 0.3) is 5.91 Å². The van der Waals surface area contributed by atoms with Crippen LogP contribution in [-0.2, 0) is 56.0 Å². The summed E-state index contributed by atoms with van der Waals surface area (Å²) in [4.78, 5) is 45.8. The molecule has 7 heterocycles. The van der Waals surface area contributed by atoms with E-state index in [1.807, 2.05) is 0 Å². The number of aromatic nitrogens is 3. The number of carbonyl (C=O) groups excluding carboxylic acids is 1. The number of guanidine groups is 1. The molecule has 0 aliphatic carbocycles. The molecule has 46 heavy (non-hydrogen) atoms. The van der Waals surface area contributed by atoms with Gasteiger partial charge in [0.1, 0.15) is 36.1 Å². The predicted octanol–water partition coefficient (Wildman–Crippen LogP) is 0.374. The summed E-state index contributed by atoms with van der Waals surface area (Å²) in [7, 11) is 0. The number of carbonyl (C=O) groups is 1. The van der Waals surface area contributed by atoms with Gasteiger partial charge < -0.3 is 38.6 Å². The molecule has 2 aromatic heterocycles. The second-order valence-electron chi connectivity index (χ2n) is 10.3. The molecule has 5 aliphatic heterocycles. The average Bonchev–Trinajstić information content (AvgIpc) is 3.71. The molecule has 6 N–H and O–H groups in total. The average molecular weight is 729 g/mol. The lowest BCUT2D eigenvalue weighted by atomic mass is 10.1. The van der Waals surface area contributed by atoms with Crippen LogP contribution in [0, 0.1) is 5.41 Å². The van der Waals surface area contributed by atoms with Gasteiger partial charge in [-0.1, -0.05) is 5.22 Å². The van der Waals surface area contributed by atoms with E-state index in [4.69, 9.17) is 62.3 Å². The van der Waals surface area contributed by atoms with E-state index >= 15 is 13.2 Å². The quantitative estimate of drug-likeness (QED) is 0.262. The number of aliphatic imine (C=N–C) groups is 1. The molecular weight excluding hydrogens is 707 g/mol. The molecule has 10 atom stereocenters. The fourth-order valence-electron chi connectivity index (χ4n) is 5.36. The number of nitrogens with zero attached hydrogens (tertiary/aromatic N) is 7. The Morgan fingerprint density at radius 2 is 1.85 bits per heavy atom. The lowest BCUT2D eigenvalue weighted by Crippen LogP contribution is -2.52. The monoisotopic (exact) mass is 728 g/mol. The molecule has 2 bridgehead atoms. The molecule has 3 fully saturated rings. The van der Waals surface area contributed by atoms with E-state index in [-0.39, 0.29) is 22.7 Å². The fourth-order valence-corrected chi connectivity index (χ4v) is 8.19. The Morgan fingerprint density at radius 3 is 2.61 bits per heavy atom. The molecule has 0 spiro atoms. The lowest BCUT2D eigenvalue weighted by molar-refractivity contribution is -0.135. The van der Waals surface area contributed by atoms with Crippen molar-refractivity contribution in [1.29, 1.82) is 5.41 Å². The number of amidine groups is 1. The van der Waals surface area contributed by atoms with Gasteiger partial charge in [0.15, 0.2) is 24.3 Å². The number of halogens is 3. The van der Waals surface area contributed by atoms with Crippen molar-refractivity contribution >= 4 is 71.6 Å². The zero-order valence-electron chi connectivity index (χ0n) is 22.6. The summed E-state index contributed by atoms with van der Waals surface area (Å²) in [5, 5.41) is 18.6. The maximum atomic E-state index is 16.0. The fraction of sp³-hybridized carbons (Fsp3) is 0.550. The first-order chi connectivity index (χ1) is 21.6. The van der Waals surface area contributed by atoms with E-state index in [1.54, 1.807) is 0 Å². The minimum Gasteiger partial charge on any atom is -0.383 e. The number of nitrogens with one attached hydrogen (secondary N) is 2. The van der Waals surface area contributed by atoms with Crippen molar-refractivity contribution in [3.63, 3.8) is 0 Å². The molecule has 2 aromatic rings. The van der Waals surface area contributed by atoms with Crippen LogP contribution < -0.4 is 11.1 Å². The molecule has 0 aromatic carbocycles. The first-order valence-corrected chi connectivity index (χ1v) is 18.2. The van der Waals surface area contributed by atoms with Crippen molar-refractivity contribution < 1.29 is 55.3 Å². The number of anilines is 1. The summed E-state index contributed by atoms with van der Waals surface area (Å²) in [6.45, 7) is -10.9. The number of ether oxygens (including phenoxy) is 2. The van der Waals surface area contributed by atoms with Crippen LogP contribution in [-0.4, -0.2) is 109 Å². The molecule has 26 heteroatoms. The van der Waals surface area contributed by atoms with Gasteiger partial charge in [-0.05, 0) is 29.7 Å². The Morgan fingerprint density at radius 1 is 1.13 bits per heavy atom. The third-order valence-corrected chi connectivity index (χ3v) is 10.5. The molecule has 19 nitrogen and oxygen atoms in total. The minimum absolute atomic E-state index is 0.00701. The van der Waals surface area contributed by atoms with Crippen molar-refractivity contribution in [2.75, 3.05) is 18.9 Å². The zero-order chi connectivity index (χ0) is 32.8. The Kier molecular flexibility index (Phi) is 7.81. The Hall–Kier alpha value is -2.60. The summed E-state index contributed by atoms with van der Waals surface area (Å²) >= 11 is 10.1. The number of hydrogen-bond acceptors (Lipinski definition) is 16. The van der Waals surface area contributed by atoms with Gasteiger partial charge in [0.2, 0.25) is 18.2 Å². The first-order valence-electron chi connectivity index (χ1n) is 13.0. The van der Waals surface area contributed by atoms with Gasteiger partial charge in [-0.3, -0.25) is 24.6 Å². The molecule has 3 unspecified atom stereocenters. The summed E-state index contributed by atoms with van der Waals surface area (Å²) in [6.07, 6.45) is -11.2. The van der Waals surface area contributed by atoms with Crippen LogP contribution in [0.15, 0.2) is 33.9 Å². The highest BCUT2D eigenvalue weighted by atomic mass is 32.5. The van der Waals surface area contributed by atoms with Crippen molar-refractivity contribution in [1.82, 2.24) is 24.9 Å². The van der Waals surface area contributed by atoms with Gasteiger partial charge >= 0.3 is 19.4 Å². The molecule has 7 rings (SSSR count). The van der Waals surface area contributed by atoms with Gasteiger partial charge in [0.05, 0.1) is 18.6 Å². The Labute approximate surface area is 264 Å². The maximum absolute atomic E-state index is 16.0. The predicted molar refractivity (Wildman–Crippen MR) is 153 cm³/mol. The number of amides is 1. The largest absolute Gasteiger partial charge is 0.383 e. The number of nitrogen functional groups attached to an aromatic ring is 1. The zero-order valence-corrected chi connectivity index (χ0v) is 26.0. The maximum Gasteiger partial charge on any atom is 0.325 e. The number of hydrogen-bond donors (Lipinski definition) is 5. The second-order valence-corrected chi connectivity index (χ2v) is 15.9. The smallest absolute Gasteiger partial charge is 0.325 e. The van der Waals surface area contributed by atoms with Gasteiger partial charge in [-0.15, -0.1) is 5.11 Å². The Bertz CT molecular complexity index is 1790. The molecule has 0 saturated carbocycles. The summed E-state index contributed by atoms with van der Waals surface area (Å²) < 4.78 is 81.5. The summed E-state index contributed by atoms with van der Waals surface area (Å²) in [6, 6.07) is 0.0984. The van der Waals surface area contributed by atoms with E-state index in [2.05, 4.69) is 30.6 Å². The highest BCUT2D eigenvalue weighted by molar-refractivity contribution is 8.07. The number of rotatable bonds is 2. The number of fused-ring (bicyclic) bond motifs is 5. The van der Waals surface area contributed by atoms with E-state index in [9.17, 15) is 14.6 Å². The van der Waals surface area contributed by atoms with E-state index < -0.39 is 93.5 Å². The molecule has 0 radical (unpaired) electrons. The van der Waals surface area contributed by atoms with Crippen LogP contribution in [0.5, 0.6) is 0 Å². The first kappa shape index (κ1) is 32.0. The summed E-state index contributed by atoms with van der Waals surface area (Å²) in [5.74, 6) is -5.44. The second kappa shape index (κ2) is 11.2. The molecular formula is C20H21F3N10O9P2S2. The highest BCUT2D eigenvalue weighted by Gasteiger charge is 2.63. The summed E-state index contributed by atoms with van der Waals surface area (Å²) in [5.41, 5.74) is 5.83. The van der Waals surface area contributed by atoms with Crippen LogP contribution in [0.1, 0.15) is 6.23 Å². The van der Waals surface area contributed by atoms with Gasteiger partial charge in [0, 0.05) is 6.20 Å². The number of alkyl halides is 3. The van der Waals surface area contributed by atoms with Crippen molar-refractivity contribution in [3.8, 4) is 0 Å². The van der Waals surface area contributed by atoms with Crippen LogP contribution in [0.3, 0.4) is 0 Å². The van der Waals surface area contributed by atoms with Crippen molar-refractivity contribution in [3.05, 3.63) is 18.6 Å².